The Hall–Kier alpha value is -2.52. The van der Waals surface area contributed by atoms with E-state index in [9.17, 15) is 13.4 Å². The third-order valence-corrected chi connectivity index (χ3v) is 4.38. The Morgan fingerprint density at radius 3 is 2.59 bits per heavy atom. The highest BCUT2D eigenvalue weighted by atomic mass is 35.5. The number of hydrogen-bond acceptors (Lipinski definition) is 6. The molecule has 0 bridgehead atoms. The molecule has 29 heavy (non-hydrogen) atoms. The summed E-state index contributed by atoms with van der Waals surface area (Å²) in [5, 5.41) is 11.2. The summed E-state index contributed by atoms with van der Waals surface area (Å²) in [5.74, 6) is -1.04. The van der Waals surface area contributed by atoms with Crippen molar-refractivity contribution in [3.63, 3.8) is 0 Å². The summed E-state index contributed by atoms with van der Waals surface area (Å²) in [6.45, 7) is 5.98. The number of anilines is 2. The number of halogens is 2. The number of nitrogens with one attached hydrogen (secondary N) is 3. The second-order valence-corrected chi connectivity index (χ2v) is 8.25. The maximum Gasteiger partial charge on any atom is 0.265 e. The van der Waals surface area contributed by atoms with E-state index in [1.165, 1.54) is 25.4 Å². The molecule has 0 aliphatic rings. The van der Waals surface area contributed by atoms with E-state index in [0.717, 1.165) is 6.07 Å². The first-order valence-electron chi connectivity index (χ1n) is 8.67. The fourth-order valence-electron chi connectivity index (χ4n) is 2.35. The van der Waals surface area contributed by atoms with Crippen molar-refractivity contribution in [1.82, 2.24) is 9.71 Å². The van der Waals surface area contributed by atoms with Crippen molar-refractivity contribution >= 4 is 45.6 Å². The molecule has 0 aliphatic heterocycles. The van der Waals surface area contributed by atoms with E-state index in [0.29, 0.717) is 29.7 Å². The van der Waals surface area contributed by atoms with Crippen LogP contribution >= 0.6 is 11.6 Å². The van der Waals surface area contributed by atoms with Gasteiger partial charge in [0.15, 0.2) is 0 Å². The number of carbonyl (C=O) groups is 1. The topological polar surface area (TPSA) is 104 Å². The number of amides is 1. The minimum absolute atomic E-state index is 0.107. The molecule has 10 heteroatoms. The van der Waals surface area contributed by atoms with Gasteiger partial charge in [0.05, 0.1) is 29.7 Å². The van der Waals surface area contributed by atoms with Crippen LogP contribution in [0.4, 0.5) is 15.8 Å². The molecule has 1 heterocycles. The lowest BCUT2D eigenvalue weighted by atomic mass is 10.0. The molecule has 2 aromatic rings. The Balaban J connectivity index is 2.34. The van der Waals surface area contributed by atoms with Crippen LogP contribution in [-0.2, 0) is 11.0 Å². The second kappa shape index (κ2) is 9.80. The Bertz CT molecular complexity index is 969. The maximum absolute atomic E-state index is 14.5. The van der Waals surface area contributed by atoms with Gasteiger partial charge in [-0.2, -0.15) is 0 Å². The highest BCUT2D eigenvalue weighted by Crippen LogP contribution is 2.29. The van der Waals surface area contributed by atoms with Crippen LogP contribution in [0, 0.1) is 17.1 Å². The van der Waals surface area contributed by atoms with Gasteiger partial charge in [0.2, 0.25) is 5.88 Å². The van der Waals surface area contributed by atoms with Gasteiger partial charge in [-0.05, 0) is 31.0 Å². The Labute approximate surface area is 176 Å². The van der Waals surface area contributed by atoms with Gasteiger partial charge in [-0.15, -0.1) is 0 Å². The van der Waals surface area contributed by atoms with Gasteiger partial charge in [0.25, 0.3) is 5.91 Å². The number of nitrogens with zero attached hydrogens (tertiary/aromatic N) is 1. The van der Waals surface area contributed by atoms with E-state index in [1.807, 2.05) is 13.8 Å². The fourth-order valence-corrected chi connectivity index (χ4v) is 2.94. The maximum atomic E-state index is 14.5. The predicted octanol–water partition coefficient (Wildman–Crippen LogP) is 4.06. The number of hydrogen-bond donors (Lipinski definition) is 3. The van der Waals surface area contributed by atoms with E-state index in [4.69, 9.17) is 21.7 Å². The first-order chi connectivity index (χ1) is 13.6. The van der Waals surface area contributed by atoms with E-state index in [1.54, 1.807) is 6.07 Å². The Kier molecular flexibility index (Phi) is 7.69. The molecule has 1 aromatic carbocycles. The van der Waals surface area contributed by atoms with E-state index < -0.39 is 22.7 Å². The van der Waals surface area contributed by atoms with Crippen molar-refractivity contribution in [3.05, 3.63) is 46.4 Å². The molecule has 2 rings (SSSR count). The van der Waals surface area contributed by atoms with Crippen LogP contribution in [0.2, 0.25) is 5.02 Å². The third-order valence-electron chi connectivity index (χ3n) is 3.63. The van der Waals surface area contributed by atoms with Gasteiger partial charge in [0.1, 0.15) is 21.8 Å². The van der Waals surface area contributed by atoms with Crippen molar-refractivity contribution < 1.29 is 18.1 Å². The standard InChI is InChI=1S/C19H22ClFN4O3S/c1-10(2)9-28-19-15(20)5-12(8-23-19)24-17-7-16(21)14(6-13(17)11(3)22)18(26)25-29(4)27/h5-8,10,22,24H,9H2,1-4H3,(H,25,26). The van der Waals surface area contributed by atoms with Crippen molar-refractivity contribution in [2.45, 2.75) is 20.8 Å². The predicted molar refractivity (Wildman–Crippen MR) is 113 cm³/mol. The molecule has 0 fully saturated rings. The molecular weight excluding hydrogens is 419 g/mol. The second-order valence-electron chi connectivity index (χ2n) is 6.73. The first-order valence-corrected chi connectivity index (χ1v) is 10.6. The van der Waals surface area contributed by atoms with Crippen LogP contribution < -0.4 is 14.8 Å². The summed E-state index contributed by atoms with van der Waals surface area (Å²) in [6, 6.07) is 3.90. The average molecular weight is 441 g/mol. The van der Waals surface area contributed by atoms with E-state index in [2.05, 4.69) is 15.0 Å². The molecule has 0 aliphatic carbocycles. The Morgan fingerprint density at radius 1 is 1.34 bits per heavy atom. The normalized spacial score (nSPS) is 11.8. The molecule has 1 amide bonds. The van der Waals surface area contributed by atoms with Gasteiger partial charge in [-0.25, -0.2) is 13.6 Å². The smallest absolute Gasteiger partial charge is 0.265 e. The van der Waals surface area contributed by atoms with Crippen molar-refractivity contribution in [3.8, 4) is 5.88 Å². The van der Waals surface area contributed by atoms with Crippen molar-refractivity contribution in [1.29, 1.82) is 5.41 Å². The largest absolute Gasteiger partial charge is 0.476 e. The average Bonchev–Trinajstić information content (AvgIpc) is 2.60. The lowest BCUT2D eigenvalue weighted by molar-refractivity contribution is 0.0979. The monoisotopic (exact) mass is 440 g/mol. The minimum atomic E-state index is -1.64. The molecule has 0 radical (unpaired) electrons. The molecule has 1 aromatic heterocycles. The van der Waals surface area contributed by atoms with Crippen molar-refractivity contribution in [2.75, 3.05) is 18.2 Å². The quantitative estimate of drug-likeness (QED) is 0.537. The van der Waals surface area contributed by atoms with Gasteiger partial charge < -0.3 is 15.5 Å². The number of rotatable bonds is 8. The number of pyridine rings is 1. The zero-order chi connectivity index (χ0) is 21.7. The highest BCUT2D eigenvalue weighted by Gasteiger charge is 2.18. The molecule has 0 saturated heterocycles. The summed E-state index contributed by atoms with van der Waals surface area (Å²) in [5.41, 5.74) is 0.823. The number of carbonyl (C=O) groups excluding carboxylic acids is 1. The summed E-state index contributed by atoms with van der Waals surface area (Å²) in [7, 11) is -1.64. The lowest BCUT2D eigenvalue weighted by Crippen LogP contribution is -2.26. The van der Waals surface area contributed by atoms with Crippen LogP contribution in [0.1, 0.15) is 36.7 Å². The zero-order valence-electron chi connectivity index (χ0n) is 16.4. The SMILES string of the molecule is CC(=N)c1cc(C(=O)NS(C)=O)c(F)cc1Nc1cnc(OCC(C)C)c(Cl)c1. The van der Waals surface area contributed by atoms with Crippen LogP contribution in [0.25, 0.3) is 0 Å². The lowest BCUT2D eigenvalue weighted by Gasteiger charge is -2.15. The van der Waals surface area contributed by atoms with Crippen LogP contribution in [-0.4, -0.2) is 33.7 Å². The molecule has 0 spiro atoms. The first kappa shape index (κ1) is 22.8. The fraction of sp³-hybridized carbons (Fsp3) is 0.316. The number of aromatic nitrogens is 1. The molecular formula is C19H22ClFN4O3S. The third kappa shape index (κ3) is 6.23. The van der Waals surface area contributed by atoms with E-state index >= 15 is 0 Å². The summed E-state index contributed by atoms with van der Waals surface area (Å²) in [4.78, 5) is 16.2. The summed E-state index contributed by atoms with van der Waals surface area (Å²) in [6.07, 6.45) is 2.74. The van der Waals surface area contributed by atoms with Crippen LogP contribution in [0.15, 0.2) is 24.4 Å². The zero-order valence-corrected chi connectivity index (χ0v) is 18.0. The van der Waals surface area contributed by atoms with Gasteiger partial charge in [-0.1, -0.05) is 25.4 Å². The van der Waals surface area contributed by atoms with Gasteiger partial charge >= 0.3 is 0 Å². The summed E-state index contributed by atoms with van der Waals surface area (Å²) < 4.78 is 33.3. The highest BCUT2D eigenvalue weighted by molar-refractivity contribution is 7.82. The van der Waals surface area contributed by atoms with Crippen molar-refractivity contribution in [2.24, 2.45) is 5.92 Å². The molecule has 0 saturated carbocycles. The molecule has 1 unspecified atom stereocenters. The summed E-state index contributed by atoms with van der Waals surface area (Å²) >= 11 is 6.20. The van der Waals surface area contributed by atoms with Gasteiger partial charge in [-0.3, -0.25) is 9.52 Å². The molecule has 156 valence electrons. The van der Waals surface area contributed by atoms with Crippen LogP contribution in [0.5, 0.6) is 5.88 Å². The molecule has 1 atom stereocenters. The molecule has 7 nitrogen and oxygen atoms in total. The van der Waals surface area contributed by atoms with Gasteiger partial charge in [0, 0.05) is 17.5 Å². The number of ether oxygens (including phenoxy) is 1. The van der Waals surface area contributed by atoms with Crippen LogP contribution in [0.3, 0.4) is 0 Å². The number of benzene rings is 1. The minimum Gasteiger partial charge on any atom is -0.476 e. The Morgan fingerprint density at radius 2 is 2.03 bits per heavy atom. The molecule has 3 N–H and O–H groups in total. The van der Waals surface area contributed by atoms with E-state index in [-0.39, 0.29) is 22.0 Å².